The van der Waals surface area contributed by atoms with Crippen LogP contribution in [0.5, 0.6) is 0 Å². The molecule has 4 heteroatoms. The molecule has 0 saturated carbocycles. The van der Waals surface area contributed by atoms with Gasteiger partial charge in [-0.05, 0) is 44.0 Å². The Hall–Kier alpha value is -1.42. The number of aryl methyl sites for hydroxylation is 1. The topological polar surface area (TPSA) is 55.1 Å². The summed E-state index contributed by atoms with van der Waals surface area (Å²) in [7, 11) is 0. The van der Waals surface area contributed by atoms with Crippen LogP contribution in [-0.4, -0.2) is 11.4 Å². The zero-order valence-electron chi connectivity index (χ0n) is 10.5. The summed E-state index contributed by atoms with van der Waals surface area (Å²) in [4.78, 5) is 11.9. The second kappa shape index (κ2) is 5.27. The van der Waals surface area contributed by atoms with Gasteiger partial charge in [-0.25, -0.2) is 4.39 Å². The Bertz CT molecular complexity index is 416. The fraction of sp³-hybridized carbons (Fsp3) is 0.462. The number of halogens is 1. The molecule has 1 amide bonds. The average molecular weight is 238 g/mol. The van der Waals surface area contributed by atoms with E-state index >= 15 is 0 Å². The van der Waals surface area contributed by atoms with Gasteiger partial charge in [-0.2, -0.15) is 0 Å². The van der Waals surface area contributed by atoms with E-state index in [1.165, 1.54) is 12.1 Å². The standard InChI is InChI=1S/C13H19FN2O/c1-4-7-13(3,15)12(17)16-10-5-6-11(14)9(2)8-10/h5-6,8H,4,7,15H2,1-3H3,(H,16,17). The van der Waals surface area contributed by atoms with Crippen LogP contribution in [0.2, 0.25) is 0 Å². The maximum atomic E-state index is 13.1. The summed E-state index contributed by atoms with van der Waals surface area (Å²) in [6.07, 6.45) is 1.45. The van der Waals surface area contributed by atoms with Gasteiger partial charge in [-0.1, -0.05) is 13.3 Å². The van der Waals surface area contributed by atoms with E-state index in [4.69, 9.17) is 5.73 Å². The van der Waals surface area contributed by atoms with Crippen LogP contribution in [0, 0.1) is 12.7 Å². The summed E-state index contributed by atoms with van der Waals surface area (Å²) in [6.45, 7) is 5.32. The molecule has 0 heterocycles. The third-order valence-electron chi connectivity index (χ3n) is 2.70. The SMILES string of the molecule is CCCC(C)(N)C(=O)Nc1ccc(F)c(C)c1. The minimum Gasteiger partial charge on any atom is -0.324 e. The highest BCUT2D eigenvalue weighted by atomic mass is 19.1. The Balaban J connectivity index is 2.77. The normalized spacial score (nSPS) is 14.2. The van der Waals surface area contributed by atoms with Crippen molar-refractivity contribution in [2.75, 3.05) is 5.32 Å². The van der Waals surface area contributed by atoms with E-state index in [1.807, 2.05) is 6.92 Å². The summed E-state index contributed by atoms with van der Waals surface area (Å²) in [5, 5.41) is 2.70. The number of nitrogens with two attached hydrogens (primary N) is 1. The molecule has 1 aromatic rings. The fourth-order valence-electron chi connectivity index (χ4n) is 1.63. The maximum Gasteiger partial charge on any atom is 0.244 e. The summed E-state index contributed by atoms with van der Waals surface area (Å²) in [5.41, 5.74) is 6.08. The van der Waals surface area contributed by atoms with Crippen molar-refractivity contribution in [2.45, 2.75) is 39.2 Å². The lowest BCUT2D eigenvalue weighted by atomic mass is 9.96. The smallest absolute Gasteiger partial charge is 0.244 e. The number of anilines is 1. The molecule has 1 unspecified atom stereocenters. The fourth-order valence-corrected chi connectivity index (χ4v) is 1.63. The van der Waals surface area contributed by atoms with Gasteiger partial charge in [-0.15, -0.1) is 0 Å². The monoisotopic (exact) mass is 238 g/mol. The van der Waals surface area contributed by atoms with E-state index in [2.05, 4.69) is 5.32 Å². The molecule has 3 nitrogen and oxygen atoms in total. The molecule has 0 saturated heterocycles. The van der Waals surface area contributed by atoms with Gasteiger partial charge in [-0.3, -0.25) is 4.79 Å². The van der Waals surface area contributed by atoms with Crippen molar-refractivity contribution in [3.8, 4) is 0 Å². The summed E-state index contributed by atoms with van der Waals surface area (Å²) >= 11 is 0. The Morgan fingerprint density at radius 3 is 2.71 bits per heavy atom. The van der Waals surface area contributed by atoms with Crippen LogP contribution in [0.1, 0.15) is 32.3 Å². The predicted molar refractivity (Wildman–Crippen MR) is 67.3 cm³/mol. The zero-order chi connectivity index (χ0) is 13.1. The number of carbonyl (C=O) groups excluding carboxylic acids is 1. The van der Waals surface area contributed by atoms with Gasteiger partial charge in [0.2, 0.25) is 5.91 Å². The van der Waals surface area contributed by atoms with Crippen molar-refractivity contribution in [1.29, 1.82) is 0 Å². The molecule has 1 rings (SSSR count). The van der Waals surface area contributed by atoms with Gasteiger partial charge >= 0.3 is 0 Å². The molecule has 0 aliphatic carbocycles. The van der Waals surface area contributed by atoms with Crippen LogP contribution >= 0.6 is 0 Å². The van der Waals surface area contributed by atoms with E-state index < -0.39 is 5.54 Å². The number of amides is 1. The summed E-state index contributed by atoms with van der Waals surface area (Å²) in [5.74, 6) is -0.530. The van der Waals surface area contributed by atoms with Gasteiger partial charge in [0, 0.05) is 5.69 Å². The van der Waals surface area contributed by atoms with E-state index in [0.29, 0.717) is 17.7 Å². The zero-order valence-corrected chi connectivity index (χ0v) is 10.5. The lowest BCUT2D eigenvalue weighted by Crippen LogP contribution is -2.48. The predicted octanol–water partition coefficient (Wildman–Crippen LogP) is 2.59. The lowest BCUT2D eigenvalue weighted by Gasteiger charge is -2.22. The lowest BCUT2D eigenvalue weighted by molar-refractivity contribution is -0.120. The van der Waals surface area contributed by atoms with E-state index in [-0.39, 0.29) is 11.7 Å². The van der Waals surface area contributed by atoms with Crippen molar-refractivity contribution in [1.82, 2.24) is 0 Å². The first-order valence-corrected chi connectivity index (χ1v) is 5.73. The Kier molecular flexibility index (Phi) is 4.23. The second-order valence-electron chi connectivity index (χ2n) is 4.59. The molecule has 3 N–H and O–H groups in total. The molecule has 0 aliphatic rings. The third kappa shape index (κ3) is 3.53. The van der Waals surface area contributed by atoms with Crippen LogP contribution in [0.3, 0.4) is 0 Å². The van der Waals surface area contributed by atoms with Crippen molar-refractivity contribution in [3.05, 3.63) is 29.6 Å². The highest BCUT2D eigenvalue weighted by Crippen LogP contribution is 2.16. The third-order valence-corrected chi connectivity index (χ3v) is 2.70. The summed E-state index contributed by atoms with van der Waals surface area (Å²) < 4.78 is 13.1. The van der Waals surface area contributed by atoms with Crippen molar-refractivity contribution in [2.24, 2.45) is 5.73 Å². The number of benzene rings is 1. The van der Waals surface area contributed by atoms with Gasteiger partial charge in [0.05, 0.1) is 5.54 Å². The molecule has 0 fully saturated rings. The minimum absolute atomic E-state index is 0.245. The summed E-state index contributed by atoms with van der Waals surface area (Å²) in [6, 6.07) is 4.45. The van der Waals surface area contributed by atoms with Crippen LogP contribution < -0.4 is 11.1 Å². The Morgan fingerprint density at radius 2 is 2.18 bits per heavy atom. The number of hydrogen-bond acceptors (Lipinski definition) is 2. The highest BCUT2D eigenvalue weighted by Gasteiger charge is 2.27. The molecule has 0 bridgehead atoms. The van der Waals surface area contributed by atoms with Gasteiger partial charge in [0.25, 0.3) is 0 Å². The molecule has 0 aromatic heterocycles. The van der Waals surface area contributed by atoms with Gasteiger partial charge in [0.15, 0.2) is 0 Å². The van der Waals surface area contributed by atoms with Gasteiger partial charge < -0.3 is 11.1 Å². The van der Waals surface area contributed by atoms with Crippen molar-refractivity contribution < 1.29 is 9.18 Å². The largest absolute Gasteiger partial charge is 0.324 e. The van der Waals surface area contributed by atoms with E-state index in [0.717, 1.165) is 6.42 Å². The van der Waals surface area contributed by atoms with Crippen LogP contribution in [0.25, 0.3) is 0 Å². The molecular formula is C13H19FN2O. The molecule has 94 valence electrons. The van der Waals surface area contributed by atoms with Crippen molar-refractivity contribution >= 4 is 11.6 Å². The average Bonchev–Trinajstić information content (AvgIpc) is 2.23. The first-order valence-electron chi connectivity index (χ1n) is 5.73. The Labute approximate surface area is 101 Å². The number of rotatable bonds is 4. The molecule has 1 atom stereocenters. The molecule has 17 heavy (non-hydrogen) atoms. The van der Waals surface area contributed by atoms with Crippen LogP contribution in [0.4, 0.5) is 10.1 Å². The van der Waals surface area contributed by atoms with E-state index in [1.54, 1.807) is 19.9 Å². The molecule has 1 aromatic carbocycles. The molecule has 0 aliphatic heterocycles. The maximum absolute atomic E-state index is 13.1. The van der Waals surface area contributed by atoms with Gasteiger partial charge in [0.1, 0.15) is 5.82 Å². The number of nitrogens with one attached hydrogen (secondary N) is 1. The minimum atomic E-state index is -0.892. The molecule has 0 spiro atoms. The molecular weight excluding hydrogens is 219 g/mol. The quantitative estimate of drug-likeness (QED) is 0.847. The molecule has 0 radical (unpaired) electrons. The second-order valence-corrected chi connectivity index (χ2v) is 4.59. The highest BCUT2D eigenvalue weighted by molar-refractivity contribution is 5.97. The number of hydrogen-bond donors (Lipinski definition) is 2. The van der Waals surface area contributed by atoms with E-state index in [9.17, 15) is 9.18 Å². The van der Waals surface area contributed by atoms with Crippen LogP contribution in [0.15, 0.2) is 18.2 Å². The van der Waals surface area contributed by atoms with Crippen molar-refractivity contribution in [3.63, 3.8) is 0 Å². The van der Waals surface area contributed by atoms with Crippen LogP contribution in [-0.2, 0) is 4.79 Å². The number of carbonyl (C=O) groups is 1. The first-order chi connectivity index (χ1) is 7.86. The Morgan fingerprint density at radius 1 is 1.53 bits per heavy atom. The first kappa shape index (κ1) is 13.6.